The van der Waals surface area contributed by atoms with Gasteiger partial charge in [0.1, 0.15) is 5.75 Å². The number of hydrogen-bond donors (Lipinski definition) is 2. The van der Waals surface area contributed by atoms with E-state index in [0.717, 1.165) is 28.1 Å². The molecule has 0 saturated heterocycles. The van der Waals surface area contributed by atoms with Crippen molar-refractivity contribution in [2.75, 3.05) is 23.5 Å². The molecule has 3 rings (SSSR count). The second-order valence-electron chi connectivity index (χ2n) is 7.01. The van der Waals surface area contributed by atoms with Crippen molar-refractivity contribution in [2.45, 2.75) is 25.2 Å². The minimum Gasteiger partial charge on any atom is -0.497 e. The standard InChI is InChI=1S/C25H26N2O3S/c1-4-18-9-5-8-17(2)24(18)27-23(28)16-31-22-13-7-11-20(15-22)26-25(29)19-10-6-12-21(14-19)30-3/h5-15H,4,16H2,1-3H3,(H,26,29)(H,27,28). The van der Waals surface area contributed by atoms with E-state index in [1.165, 1.54) is 11.8 Å². The van der Waals surface area contributed by atoms with Crippen LogP contribution in [0.3, 0.4) is 0 Å². The molecule has 3 aromatic rings. The third-order valence-corrected chi connectivity index (χ3v) is 5.79. The van der Waals surface area contributed by atoms with Crippen molar-refractivity contribution in [3.63, 3.8) is 0 Å². The molecule has 0 saturated carbocycles. The van der Waals surface area contributed by atoms with E-state index < -0.39 is 0 Å². The molecular weight excluding hydrogens is 408 g/mol. The number of ether oxygens (including phenoxy) is 1. The Morgan fingerprint density at radius 1 is 0.968 bits per heavy atom. The lowest BCUT2D eigenvalue weighted by Crippen LogP contribution is -2.16. The fourth-order valence-electron chi connectivity index (χ4n) is 3.16. The van der Waals surface area contributed by atoms with Crippen LogP contribution in [-0.2, 0) is 11.2 Å². The fourth-order valence-corrected chi connectivity index (χ4v) is 3.91. The van der Waals surface area contributed by atoms with Gasteiger partial charge in [-0.15, -0.1) is 11.8 Å². The summed E-state index contributed by atoms with van der Waals surface area (Å²) in [6.07, 6.45) is 0.861. The Morgan fingerprint density at radius 2 is 1.74 bits per heavy atom. The van der Waals surface area contributed by atoms with Gasteiger partial charge in [-0.25, -0.2) is 0 Å². The minimum absolute atomic E-state index is 0.0557. The Bertz CT molecular complexity index is 1080. The molecule has 2 N–H and O–H groups in total. The predicted molar refractivity (Wildman–Crippen MR) is 127 cm³/mol. The Hall–Kier alpha value is -3.25. The van der Waals surface area contributed by atoms with Gasteiger partial charge in [0.05, 0.1) is 12.9 Å². The van der Waals surface area contributed by atoms with Crippen molar-refractivity contribution in [3.05, 3.63) is 83.4 Å². The average Bonchev–Trinajstić information content (AvgIpc) is 2.79. The zero-order chi connectivity index (χ0) is 22.2. The third-order valence-electron chi connectivity index (χ3n) is 4.80. The molecule has 160 valence electrons. The molecule has 0 atom stereocenters. The van der Waals surface area contributed by atoms with E-state index in [-0.39, 0.29) is 17.6 Å². The molecule has 0 fully saturated rings. The summed E-state index contributed by atoms with van der Waals surface area (Å²) < 4.78 is 5.17. The van der Waals surface area contributed by atoms with Crippen LogP contribution in [0.15, 0.2) is 71.6 Å². The van der Waals surface area contributed by atoms with Crippen LogP contribution >= 0.6 is 11.8 Å². The summed E-state index contributed by atoms with van der Waals surface area (Å²) in [5.41, 5.74) is 4.27. The number of thioether (sulfide) groups is 1. The molecule has 0 aromatic heterocycles. The van der Waals surface area contributed by atoms with Crippen LogP contribution in [0, 0.1) is 6.92 Å². The highest BCUT2D eigenvalue weighted by Crippen LogP contribution is 2.25. The van der Waals surface area contributed by atoms with Crippen molar-refractivity contribution in [1.29, 1.82) is 0 Å². The second kappa shape index (κ2) is 10.7. The normalized spacial score (nSPS) is 10.4. The molecule has 0 bridgehead atoms. The van der Waals surface area contributed by atoms with Gasteiger partial charge in [-0.1, -0.05) is 37.3 Å². The van der Waals surface area contributed by atoms with E-state index in [1.54, 1.807) is 31.4 Å². The zero-order valence-corrected chi connectivity index (χ0v) is 18.7. The number of carbonyl (C=O) groups is 2. The van der Waals surface area contributed by atoms with Crippen molar-refractivity contribution in [3.8, 4) is 5.75 Å². The van der Waals surface area contributed by atoms with Crippen LogP contribution in [0.1, 0.15) is 28.4 Å². The first-order valence-electron chi connectivity index (χ1n) is 10.1. The molecule has 5 nitrogen and oxygen atoms in total. The summed E-state index contributed by atoms with van der Waals surface area (Å²) in [6.45, 7) is 4.07. The van der Waals surface area contributed by atoms with Gasteiger partial charge < -0.3 is 15.4 Å². The van der Waals surface area contributed by atoms with Crippen molar-refractivity contribution >= 4 is 35.0 Å². The number of nitrogens with one attached hydrogen (secondary N) is 2. The maximum absolute atomic E-state index is 12.5. The lowest BCUT2D eigenvalue weighted by molar-refractivity contribution is -0.113. The van der Waals surface area contributed by atoms with Gasteiger partial charge >= 0.3 is 0 Å². The maximum Gasteiger partial charge on any atom is 0.255 e. The average molecular weight is 435 g/mol. The summed E-state index contributed by atoms with van der Waals surface area (Å²) in [6, 6.07) is 20.5. The monoisotopic (exact) mass is 434 g/mol. The smallest absolute Gasteiger partial charge is 0.255 e. The van der Waals surface area contributed by atoms with Crippen molar-refractivity contribution in [1.82, 2.24) is 0 Å². The fraction of sp³-hybridized carbons (Fsp3) is 0.200. The van der Waals surface area contributed by atoms with E-state index in [2.05, 4.69) is 17.6 Å². The number of hydrogen-bond acceptors (Lipinski definition) is 4. The van der Waals surface area contributed by atoms with Gasteiger partial charge in [-0.05, 0) is 60.9 Å². The zero-order valence-electron chi connectivity index (χ0n) is 17.9. The number of rotatable bonds is 8. The summed E-state index contributed by atoms with van der Waals surface area (Å²) in [5.74, 6) is 0.637. The Kier molecular flexibility index (Phi) is 7.73. The topological polar surface area (TPSA) is 67.4 Å². The molecular formula is C25H26N2O3S. The van der Waals surface area contributed by atoms with Crippen LogP contribution < -0.4 is 15.4 Å². The summed E-state index contributed by atoms with van der Waals surface area (Å²) in [7, 11) is 1.57. The number of benzene rings is 3. The van der Waals surface area contributed by atoms with Gasteiger partial charge in [0.15, 0.2) is 0 Å². The molecule has 0 heterocycles. The molecule has 0 spiro atoms. The summed E-state index contributed by atoms with van der Waals surface area (Å²) in [5, 5.41) is 5.93. The number of methoxy groups -OCH3 is 1. The molecule has 0 radical (unpaired) electrons. The molecule has 2 amide bonds. The first kappa shape index (κ1) is 22.4. The molecule has 0 aliphatic carbocycles. The van der Waals surface area contributed by atoms with Gasteiger partial charge in [-0.2, -0.15) is 0 Å². The molecule has 0 unspecified atom stereocenters. The van der Waals surface area contributed by atoms with E-state index >= 15 is 0 Å². The number of anilines is 2. The lowest BCUT2D eigenvalue weighted by Gasteiger charge is -2.13. The Labute approximate surface area is 187 Å². The van der Waals surface area contributed by atoms with Gasteiger partial charge in [0, 0.05) is 21.8 Å². The largest absolute Gasteiger partial charge is 0.497 e. The number of amides is 2. The van der Waals surface area contributed by atoms with Gasteiger partial charge in [-0.3, -0.25) is 9.59 Å². The van der Waals surface area contributed by atoms with E-state index in [4.69, 9.17) is 4.74 Å². The van der Waals surface area contributed by atoms with E-state index in [1.807, 2.05) is 49.4 Å². The third kappa shape index (κ3) is 6.12. The van der Waals surface area contributed by atoms with Crippen LogP contribution in [-0.4, -0.2) is 24.7 Å². The molecule has 31 heavy (non-hydrogen) atoms. The first-order valence-corrected chi connectivity index (χ1v) is 11.0. The van der Waals surface area contributed by atoms with Crippen LogP contribution in [0.2, 0.25) is 0 Å². The van der Waals surface area contributed by atoms with Crippen molar-refractivity contribution < 1.29 is 14.3 Å². The van der Waals surface area contributed by atoms with Gasteiger partial charge in [0.2, 0.25) is 5.91 Å². The highest BCUT2D eigenvalue weighted by molar-refractivity contribution is 8.00. The SMILES string of the molecule is CCc1cccc(C)c1NC(=O)CSc1cccc(NC(=O)c2cccc(OC)c2)c1. The van der Waals surface area contributed by atoms with Crippen LogP contribution in [0.25, 0.3) is 0 Å². The summed E-state index contributed by atoms with van der Waals surface area (Å²) in [4.78, 5) is 25.9. The molecule has 0 aliphatic heterocycles. The van der Waals surface area contributed by atoms with Gasteiger partial charge in [0.25, 0.3) is 5.91 Å². The predicted octanol–water partition coefficient (Wildman–Crippen LogP) is 5.55. The number of para-hydroxylation sites is 1. The molecule has 0 aliphatic rings. The molecule has 6 heteroatoms. The van der Waals surface area contributed by atoms with Crippen LogP contribution in [0.5, 0.6) is 5.75 Å². The lowest BCUT2D eigenvalue weighted by atomic mass is 10.1. The Balaban J connectivity index is 1.60. The van der Waals surface area contributed by atoms with Crippen LogP contribution in [0.4, 0.5) is 11.4 Å². The first-order chi connectivity index (χ1) is 15.0. The number of carbonyl (C=O) groups excluding carboxylic acids is 2. The minimum atomic E-state index is -0.217. The number of aryl methyl sites for hydroxylation is 2. The highest BCUT2D eigenvalue weighted by atomic mass is 32.2. The Morgan fingerprint density at radius 3 is 2.52 bits per heavy atom. The quantitative estimate of drug-likeness (QED) is 0.456. The molecule has 3 aromatic carbocycles. The van der Waals surface area contributed by atoms with E-state index in [9.17, 15) is 9.59 Å². The summed E-state index contributed by atoms with van der Waals surface area (Å²) >= 11 is 1.43. The highest BCUT2D eigenvalue weighted by Gasteiger charge is 2.11. The maximum atomic E-state index is 12.5. The second-order valence-corrected chi connectivity index (χ2v) is 8.06. The van der Waals surface area contributed by atoms with Crippen molar-refractivity contribution in [2.24, 2.45) is 0 Å². The van der Waals surface area contributed by atoms with E-state index in [0.29, 0.717) is 17.0 Å².